The Bertz CT molecular complexity index is 1070. The Kier molecular flexibility index (Phi) is 3.91. The van der Waals surface area contributed by atoms with Gasteiger partial charge in [-0.2, -0.15) is 5.11 Å². The minimum Gasteiger partial charge on any atom is -0.505 e. The maximum absolute atomic E-state index is 11.4. The lowest BCUT2D eigenvalue weighted by atomic mass is 9.79. The second kappa shape index (κ2) is 6.25. The van der Waals surface area contributed by atoms with Crippen LogP contribution in [0.1, 0.15) is 15.9 Å². The Balaban J connectivity index is 1.82. The Labute approximate surface area is 148 Å². The summed E-state index contributed by atoms with van der Waals surface area (Å²) in [6.07, 6.45) is 0. The quantitative estimate of drug-likeness (QED) is 0.498. The van der Waals surface area contributed by atoms with E-state index in [0.717, 1.165) is 5.56 Å². The highest BCUT2D eigenvalue weighted by atomic mass is 16.5. The van der Waals surface area contributed by atoms with E-state index in [1.165, 1.54) is 6.07 Å². The molecule has 3 N–H and O–H groups in total. The first kappa shape index (κ1) is 16.3. The molecule has 0 atom stereocenters. The van der Waals surface area contributed by atoms with Gasteiger partial charge in [-0.3, -0.25) is 0 Å². The van der Waals surface area contributed by atoms with Gasteiger partial charge in [0.15, 0.2) is 5.75 Å². The van der Waals surface area contributed by atoms with Crippen LogP contribution in [0.4, 0.5) is 11.4 Å². The number of carbonyl (C=O) groups is 1. The van der Waals surface area contributed by atoms with Gasteiger partial charge in [-0.25, -0.2) is 4.79 Å². The summed E-state index contributed by atoms with van der Waals surface area (Å²) in [5.74, 6) is -1.69. The molecular weight excluding hydrogens is 335 g/mol. The van der Waals surface area contributed by atoms with Crippen LogP contribution < -0.4 is 5.46 Å². The summed E-state index contributed by atoms with van der Waals surface area (Å²) in [5.41, 5.74) is 1.79. The molecule has 0 aromatic heterocycles. The summed E-state index contributed by atoms with van der Waals surface area (Å²) < 4.78 is 5.14. The van der Waals surface area contributed by atoms with Crippen molar-refractivity contribution in [2.45, 2.75) is 6.61 Å². The molecule has 0 radical (unpaired) electrons. The average molecular weight is 348 g/mol. The number of azo groups is 1. The van der Waals surface area contributed by atoms with Gasteiger partial charge in [0.25, 0.3) is 0 Å². The summed E-state index contributed by atoms with van der Waals surface area (Å²) in [6.45, 7) is 0.333. The van der Waals surface area contributed by atoms with Gasteiger partial charge in [0.1, 0.15) is 11.3 Å². The highest BCUT2D eigenvalue weighted by Crippen LogP contribution is 2.39. The summed E-state index contributed by atoms with van der Waals surface area (Å²) in [7, 11) is -0.996. The summed E-state index contributed by atoms with van der Waals surface area (Å²) >= 11 is 0. The number of phenols is 1. The number of fused-ring (bicyclic) bond motifs is 2. The minimum atomic E-state index is -1.25. The molecule has 1 heterocycles. The SMILES string of the molecule is O=C(O)c1cc2ccccc2c(N=Nc2ccc3c(c2)B(O)OC3)c1O. The van der Waals surface area contributed by atoms with Crippen LogP contribution in [-0.4, -0.2) is 28.3 Å². The first-order valence-electron chi connectivity index (χ1n) is 7.87. The smallest absolute Gasteiger partial charge is 0.491 e. The van der Waals surface area contributed by atoms with Gasteiger partial charge in [0.05, 0.1) is 12.3 Å². The van der Waals surface area contributed by atoms with Gasteiger partial charge >= 0.3 is 13.1 Å². The lowest BCUT2D eigenvalue weighted by Gasteiger charge is -2.07. The van der Waals surface area contributed by atoms with Crippen molar-refractivity contribution < 1.29 is 24.7 Å². The highest BCUT2D eigenvalue weighted by Gasteiger charge is 2.27. The molecular formula is C18H13BN2O5. The normalized spacial score (nSPS) is 13.5. The Morgan fingerprint density at radius 1 is 1.12 bits per heavy atom. The van der Waals surface area contributed by atoms with E-state index in [2.05, 4.69) is 10.2 Å². The number of rotatable bonds is 3. The molecule has 26 heavy (non-hydrogen) atoms. The number of carboxylic acid groups (broad SMARTS) is 1. The fourth-order valence-electron chi connectivity index (χ4n) is 2.95. The Morgan fingerprint density at radius 2 is 1.92 bits per heavy atom. The molecule has 0 saturated carbocycles. The van der Waals surface area contributed by atoms with Crippen molar-refractivity contribution in [3.63, 3.8) is 0 Å². The Morgan fingerprint density at radius 3 is 2.73 bits per heavy atom. The standard InChI is InChI=1S/C18H13BN2O5/c22-17-14(18(23)24)7-10-3-1-2-4-13(10)16(17)21-20-12-6-5-11-9-26-19(25)15(11)8-12/h1-8,22,25H,9H2,(H,23,24). The van der Waals surface area contributed by atoms with Crippen molar-refractivity contribution in [1.82, 2.24) is 0 Å². The molecule has 3 aromatic carbocycles. The molecule has 1 aliphatic heterocycles. The van der Waals surface area contributed by atoms with Gasteiger partial charge in [0, 0.05) is 5.39 Å². The molecule has 0 fully saturated rings. The van der Waals surface area contributed by atoms with Gasteiger partial charge in [-0.15, -0.1) is 5.11 Å². The van der Waals surface area contributed by atoms with E-state index in [0.29, 0.717) is 28.5 Å². The van der Waals surface area contributed by atoms with Gasteiger partial charge < -0.3 is 19.9 Å². The van der Waals surface area contributed by atoms with Gasteiger partial charge in [0.2, 0.25) is 0 Å². The van der Waals surface area contributed by atoms with E-state index in [1.807, 2.05) is 0 Å². The van der Waals surface area contributed by atoms with Crippen LogP contribution in [0, 0.1) is 0 Å². The molecule has 128 valence electrons. The molecule has 4 rings (SSSR count). The van der Waals surface area contributed by atoms with Crippen LogP contribution in [-0.2, 0) is 11.3 Å². The van der Waals surface area contributed by atoms with Crippen molar-refractivity contribution in [3.8, 4) is 5.75 Å². The van der Waals surface area contributed by atoms with Crippen LogP contribution >= 0.6 is 0 Å². The molecule has 0 aliphatic carbocycles. The van der Waals surface area contributed by atoms with E-state index in [-0.39, 0.29) is 11.3 Å². The van der Waals surface area contributed by atoms with Crippen LogP contribution in [0.5, 0.6) is 5.75 Å². The topological polar surface area (TPSA) is 112 Å². The van der Waals surface area contributed by atoms with E-state index in [9.17, 15) is 20.0 Å². The van der Waals surface area contributed by atoms with E-state index in [1.54, 1.807) is 42.5 Å². The minimum absolute atomic E-state index is 0.0813. The average Bonchev–Trinajstić information content (AvgIpc) is 3.01. The van der Waals surface area contributed by atoms with Gasteiger partial charge in [-0.1, -0.05) is 30.3 Å². The van der Waals surface area contributed by atoms with E-state index in [4.69, 9.17) is 4.65 Å². The van der Waals surface area contributed by atoms with Crippen LogP contribution in [0.25, 0.3) is 10.8 Å². The number of nitrogens with zero attached hydrogens (tertiary/aromatic N) is 2. The lowest BCUT2D eigenvalue weighted by Crippen LogP contribution is -2.27. The van der Waals surface area contributed by atoms with Crippen molar-refractivity contribution in [3.05, 3.63) is 59.7 Å². The molecule has 8 heteroatoms. The van der Waals surface area contributed by atoms with Crippen LogP contribution in [0.15, 0.2) is 58.8 Å². The van der Waals surface area contributed by atoms with Gasteiger partial charge in [-0.05, 0) is 34.6 Å². The number of hydrogen-bond acceptors (Lipinski definition) is 6. The molecule has 0 spiro atoms. The number of benzene rings is 3. The molecule has 1 aliphatic rings. The van der Waals surface area contributed by atoms with Crippen molar-refractivity contribution in [2.75, 3.05) is 0 Å². The summed E-state index contributed by atoms with van der Waals surface area (Å²) in [6, 6.07) is 13.6. The predicted octanol–water partition coefficient (Wildman–Crippen LogP) is 2.88. The lowest BCUT2D eigenvalue weighted by molar-refractivity contribution is 0.0694. The van der Waals surface area contributed by atoms with Crippen molar-refractivity contribution >= 4 is 40.7 Å². The maximum atomic E-state index is 11.4. The van der Waals surface area contributed by atoms with E-state index >= 15 is 0 Å². The van der Waals surface area contributed by atoms with E-state index < -0.39 is 18.8 Å². The fraction of sp³-hybridized carbons (Fsp3) is 0.0556. The molecule has 0 unspecified atom stereocenters. The number of aromatic hydroxyl groups is 1. The summed E-state index contributed by atoms with van der Waals surface area (Å²) in [5, 5.41) is 38.8. The second-order valence-corrected chi connectivity index (χ2v) is 5.89. The van der Waals surface area contributed by atoms with Crippen molar-refractivity contribution in [1.29, 1.82) is 0 Å². The first-order valence-corrected chi connectivity index (χ1v) is 7.87. The fourth-order valence-corrected chi connectivity index (χ4v) is 2.95. The first-order chi connectivity index (χ1) is 12.5. The highest BCUT2D eigenvalue weighted by molar-refractivity contribution is 6.61. The Hall–Kier alpha value is -3.23. The van der Waals surface area contributed by atoms with Crippen LogP contribution in [0.3, 0.4) is 0 Å². The number of aromatic carboxylic acids is 1. The number of hydrogen-bond donors (Lipinski definition) is 3. The van der Waals surface area contributed by atoms with Crippen LogP contribution in [0.2, 0.25) is 0 Å². The third kappa shape index (κ3) is 2.71. The third-order valence-electron chi connectivity index (χ3n) is 4.28. The molecule has 3 aromatic rings. The molecule has 0 saturated heterocycles. The van der Waals surface area contributed by atoms with Crippen molar-refractivity contribution in [2.24, 2.45) is 10.2 Å². The second-order valence-electron chi connectivity index (χ2n) is 5.89. The monoisotopic (exact) mass is 348 g/mol. The number of carboxylic acids is 1. The molecule has 0 amide bonds. The maximum Gasteiger partial charge on any atom is 0.491 e. The zero-order chi connectivity index (χ0) is 18.3. The largest absolute Gasteiger partial charge is 0.505 e. The zero-order valence-corrected chi connectivity index (χ0v) is 13.5. The molecule has 0 bridgehead atoms. The zero-order valence-electron chi connectivity index (χ0n) is 13.5. The predicted molar refractivity (Wildman–Crippen MR) is 95.6 cm³/mol. The third-order valence-corrected chi connectivity index (χ3v) is 4.28. The summed E-state index contributed by atoms with van der Waals surface area (Å²) in [4.78, 5) is 11.4. The molecule has 7 nitrogen and oxygen atoms in total.